The predicted octanol–water partition coefficient (Wildman–Crippen LogP) is 4.30. The maximum Gasteiger partial charge on any atom is 0.346 e. The number of hydrogen-bond donors (Lipinski definition) is 3. The lowest BCUT2D eigenvalue weighted by molar-refractivity contribution is 0.350. The SMILES string of the molecule is CC[Si](CC)(CC([Si](C)(C)C)[Si](C)(C)C)[P+](O)(O)O. The van der Waals surface area contributed by atoms with E-state index in [2.05, 4.69) is 39.3 Å². The van der Waals surface area contributed by atoms with Crippen molar-refractivity contribution in [2.24, 2.45) is 0 Å². The largest absolute Gasteiger partial charge is 0.346 e. The van der Waals surface area contributed by atoms with Crippen molar-refractivity contribution >= 4 is 31.4 Å². The minimum Gasteiger partial charge on any atom is -0.205 e. The Labute approximate surface area is 122 Å². The molecule has 0 fully saturated rings. The third-order valence-electron chi connectivity index (χ3n) is 4.63. The van der Waals surface area contributed by atoms with Crippen LogP contribution in [0.4, 0.5) is 0 Å². The van der Waals surface area contributed by atoms with Gasteiger partial charge < -0.3 is 0 Å². The molecule has 0 aliphatic carbocycles. The van der Waals surface area contributed by atoms with E-state index in [1.807, 2.05) is 13.8 Å². The highest BCUT2D eigenvalue weighted by atomic mass is 31.5. The molecule has 0 rings (SSSR count). The Kier molecular flexibility index (Phi) is 6.70. The van der Waals surface area contributed by atoms with Crippen LogP contribution in [-0.2, 0) is 0 Å². The fourth-order valence-electron chi connectivity index (χ4n) is 3.38. The smallest absolute Gasteiger partial charge is 0.205 e. The first-order valence-electron chi connectivity index (χ1n) is 7.28. The molecule has 0 bridgehead atoms. The second-order valence-electron chi connectivity index (χ2n) is 7.99. The monoisotopic (exact) mass is 341 g/mol. The van der Waals surface area contributed by atoms with Gasteiger partial charge >= 0.3 is 15.2 Å². The third kappa shape index (κ3) is 5.02. The summed E-state index contributed by atoms with van der Waals surface area (Å²) in [5.74, 6) is 0. The molecule has 0 radical (unpaired) electrons. The van der Waals surface area contributed by atoms with Gasteiger partial charge in [0.1, 0.15) is 0 Å². The van der Waals surface area contributed by atoms with E-state index in [-0.39, 0.29) is 0 Å². The zero-order chi connectivity index (χ0) is 15.7. The standard InChI is InChI=1S/C12H34O3PSi3/c1-9-19(10-2,16(13,14)15)11-12(17(3,4)5)18(6,7)8/h12-15H,9-11H2,1-8H3/q+1. The summed E-state index contributed by atoms with van der Waals surface area (Å²) < 4.78 is 0. The van der Waals surface area contributed by atoms with E-state index in [0.29, 0.717) is 5.16 Å². The molecule has 19 heavy (non-hydrogen) atoms. The van der Waals surface area contributed by atoms with Crippen molar-refractivity contribution in [3.05, 3.63) is 0 Å². The highest BCUT2D eigenvalue weighted by Crippen LogP contribution is 2.63. The molecule has 0 heterocycles. The lowest BCUT2D eigenvalue weighted by atomic mass is 10.9. The van der Waals surface area contributed by atoms with Gasteiger partial charge in [0.15, 0.2) is 0 Å². The first kappa shape index (κ1) is 20.0. The maximum atomic E-state index is 10.0. The van der Waals surface area contributed by atoms with Gasteiger partial charge in [0.05, 0.1) is 0 Å². The molecule has 0 spiro atoms. The molecule has 0 aliphatic rings. The van der Waals surface area contributed by atoms with Crippen LogP contribution in [0.15, 0.2) is 0 Å². The van der Waals surface area contributed by atoms with Crippen LogP contribution in [0.3, 0.4) is 0 Å². The minimum absolute atomic E-state index is 0.636. The lowest BCUT2D eigenvalue weighted by Crippen LogP contribution is -2.49. The van der Waals surface area contributed by atoms with Crippen LogP contribution in [0.5, 0.6) is 0 Å². The molecular weight excluding hydrogens is 307 g/mol. The molecule has 3 nitrogen and oxygen atoms in total. The van der Waals surface area contributed by atoms with Gasteiger partial charge in [-0.25, -0.2) is 14.7 Å². The van der Waals surface area contributed by atoms with Crippen LogP contribution in [0, 0.1) is 0 Å². The Balaban J connectivity index is 5.54. The van der Waals surface area contributed by atoms with E-state index in [4.69, 9.17) is 0 Å². The first-order chi connectivity index (χ1) is 8.21. The fourth-order valence-corrected chi connectivity index (χ4v) is 28.8. The second kappa shape index (κ2) is 6.38. The molecule has 0 saturated heterocycles. The van der Waals surface area contributed by atoms with E-state index in [1.54, 1.807) is 0 Å². The van der Waals surface area contributed by atoms with Gasteiger partial charge in [-0.05, 0) is 23.3 Å². The van der Waals surface area contributed by atoms with Gasteiger partial charge in [0, 0.05) is 16.1 Å². The molecule has 0 unspecified atom stereocenters. The van der Waals surface area contributed by atoms with Crippen LogP contribution in [0.2, 0.25) is 62.6 Å². The van der Waals surface area contributed by atoms with Crippen molar-refractivity contribution in [2.45, 2.75) is 76.4 Å². The maximum absolute atomic E-state index is 10.0. The summed E-state index contributed by atoms with van der Waals surface area (Å²) in [6.07, 6.45) is 0. The Morgan fingerprint density at radius 3 is 1.26 bits per heavy atom. The molecule has 0 saturated carbocycles. The quantitative estimate of drug-likeness (QED) is 0.478. The zero-order valence-corrected chi connectivity index (χ0v) is 17.9. The Hall–Kier alpha value is 0.961. The summed E-state index contributed by atoms with van der Waals surface area (Å²) in [5, 5.41) is 0.636. The summed E-state index contributed by atoms with van der Waals surface area (Å²) in [7, 11) is -8.77. The average molecular weight is 342 g/mol. The van der Waals surface area contributed by atoms with E-state index in [1.165, 1.54) is 0 Å². The lowest BCUT2D eigenvalue weighted by Gasteiger charge is -2.42. The van der Waals surface area contributed by atoms with Gasteiger partial charge in [-0.1, -0.05) is 53.1 Å². The van der Waals surface area contributed by atoms with E-state index < -0.39 is 31.4 Å². The summed E-state index contributed by atoms with van der Waals surface area (Å²) in [4.78, 5) is 30.1. The zero-order valence-electron chi connectivity index (χ0n) is 14.0. The van der Waals surface area contributed by atoms with E-state index in [0.717, 1.165) is 18.1 Å². The van der Waals surface area contributed by atoms with Gasteiger partial charge in [-0.2, -0.15) is 0 Å². The summed E-state index contributed by atoms with van der Waals surface area (Å²) in [6.45, 7) is 18.3. The molecule has 3 N–H and O–H groups in total. The van der Waals surface area contributed by atoms with Gasteiger partial charge in [0.2, 0.25) is 0 Å². The number of rotatable bonds is 7. The molecular formula is C12H34O3PSi3+. The Morgan fingerprint density at radius 1 is 0.789 bits per heavy atom. The molecule has 0 aliphatic heterocycles. The number of hydrogen-bond acceptors (Lipinski definition) is 3. The molecule has 0 aromatic heterocycles. The van der Waals surface area contributed by atoms with E-state index >= 15 is 0 Å². The van der Waals surface area contributed by atoms with Gasteiger partial charge in [-0.15, -0.1) is 0 Å². The molecule has 116 valence electrons. The Bertz CT molecular complexity index is 274. The van der Waals surface area contributed by atoms with Crippen molar-refractivity contribution < 1.29 is 14.7 Å². The van der Waals surface area contributed by atoms with Gasteiger partial charge in [-0.3, -0.25) is 0 Å². The minimum atomic E-state index is -3.67. The summed E-state index contributed by atoms with van der Waals surface area (Å²) in [6, 6.07) is 2.45. The third-order valence-corrected chi connectivity index (χ3v) is 26.6. The first-order valence-corrected chi connectivity index (χ1v) is 19.5. The van der Waals surface area contributed by atoms with Crippen LogP contribution in [-0.4, -0.2) is 38.6 Å². The van der Waals surface area contributed by atoms with Crippen molar-refractivity contribution in [3.63, 3.8) is 0 Å². The normalized spacial score (nSPS) is 15.2. The molecule has 0 aromatic carbocycles. The van der Waals surface area contributed by atoms with Crippen LogP contribution in [0.25, 0.3) is 0 Å². The second-order valence-corrected chi connectivity index (χ2v) is 29.5. The Morgan fingerprint density at radius 2 is 1.11 bits per heavy atom. The van der Waals surface area contributed by atoms with Crippen molar-refractivity contribution in [1.82, 2.24) is 0 Å². The summed E-state index contributed by atoms with van der Waals surface area (Å²) >= 11 is 0. The van der Waals surface area contributed by atoms with E-state index in [9.17, 15) is 14.7 Å². The average Bonchev–Trinajstić information content (AvgIpc) is 2.13. The topological polar surface area (TPSA) is 60.7 Å². The molecule has 0 amide bonds. The molecule has 7 heteroatoms. The summed E-state index contributed by atoms with van der Waals surface area (Å²) in [5.41, 5.74) is 0. The molecule has 0 atom stereocenters. The van der Waals surface area contributed by atoms with Crippen LogP contribution < -0.4 is 0 Å². The van der Waals surface area contributed by atoms with Crippen LogP contribution in [0.1, 0.15) is 13.8 Å². The van der Waals surface area contributed by atoms with Crippen LogP contribution >= 0.6 is 7.49 Å². The van der Waals surface area contributed by atoms with Crippen molar-refractivity contribution in [1.29, 1.82) is 0 Å². The highest BCUT2D eigenvalue weighted by molar-refractivity contribution is 7.96. The molecule has 0 aromatic rings. The van der Waals surface area contributed by atoms with Crippen molar-refractivity contribution in [2.75, 3.05) is 0 Å². The predicted molar refractivity (Wildman–Crippen MR) is 95.5 cm³/mol. The fraction of sp³-hybridized carbons (Fsp3) is 1.00. The van der Waals surface area contributed by atoms with Crippen molar-refractivity contribution in [3.8, 4) is 0 Å². The highest BCUT2D eigenvalue weighted by Gasteiger charge is 2.61. The van der Waals surface area contributed by atoms with Gasteiger partial charge in [0.25, 0.3) is 0 Å².